The maximum Gasteiger partial charge on any atom is 0.268 e. The van der Waals surface area contributed by atoms with Gasteiger partial charge in [0.25, 0.3) is 5.91 Å². The number of amides is 1. The van der Waals surface area contributed by atoms with Crippen LogP contribution in [0, 0.1) is 0 Å². The molecule has 0 radical (unpaired) electrons. The zero-order valence-electron chi connectivity index (χ0n) is 12.1. The average Bonchev–Trinajstić information content (AvgIpc) is 3.14. The zero-order chi connectivity index (χ0) is 15.5. The summed E-state index contributed by atoms with van der Waals surface area (Å²) in [6.45, 7) is 0.821. The molecule has 0 aliphatic carbocycles. The van der Waals surface area contributed by atoms with Gasteiger partial charge < -0.3 is 20.0 Å². The molecule has 6 nitrogen and oxygen atoms in total. The second-order valence-electron chi connectivity index (χ2n) is 5.26. The Labute approximate surface area is 127 Å². The molecule has 1 aromatic carbocycles. The number of nitrogens with two attached hydrogens (primary N) is 1. The molecule has 3 N–H and O–H groups in total. The number of fused-ring (bicyclic) bond motifs is 1. The molecule has 3 rings (SSSR count). The molecule has 0 spiro atoms. The Bertz CT molecular complexity index is 790. The molecule has 0 aliphatic heterocycles. The fraction of sp³-hybridized carbons (Fsp3) is 0.250. The number of rotatable bonds is 6. The number of carbonyl (C=O) groups is 1. The first-order chi connectivity index (χ1) is 10.6. The lowest BCUT2D eigenvalue weighted by Gasteiger charge is -2.12. The molecule has 6 heteroatoms. The summed E-state index contributed by atoms with van der Waals surface area (Å²) in [7, 11) is 0. The van der Waals surface area contributed by atoms with Crippen LogP contribution in [-0.2, 0) is 6.54 Å². The van der Waals surface area contributed by atoms with E-state index >= 15 is 0 Å². The minimum absolute atomic E-state index is 0.162. The summed E-state index contributed by atoms with van der Waals surface area (Å²) >= 11 is 0. The van der Waals surface area contributed by atoms with Gasteiger partial charge in [0.05, 0.1) is 6.33 Å². The summed E-state index contributed by atoms with van der Waals surface area (Å²) in [6, 6.07) is 10.3. The molecule has 114 valence electrons. The first kappa shape index (κ1) is 14.3. The van der Waals surface area contributed by atoms with Crippen LogP contribution in [0.4, 0.5) is 0 Å². The number of benzene rings is 1. The third-order valence-electron chi connectivity index (χ3n) is 3.74. The van der Waals surface area contributed by atoms with E-state index in [9.17, 15) is 9.90 Å². The van der Waals surface area contributed by atoms with Gasteiger partial charge in [-0.3, -0.25) is 4.79 Å². The van der Waals surface area contributed by atoms with Gasteiger partial charge in [0.2, 0.25) is 0 Å². The number of carbonyl (C=O) groups excluding carboxylic acids is 1. The fourth-order valence-corrected chi connectivity index (χ4v) is 2.56. The Kier molecular flexibility index (Phi) is 3.93. The Balaban J connectivity index is 1.59. The number of primary amides is 1. The Morgan fingerprint density at radius 1 is 1.32 bits per heavy atom. The quantitative estimate of drug-likeness (QED) is 0.729. The van der Waals surface area contributed by atoms with Gasteiger partial charge in [-0.1, -0.05) is 18.2 Å². The van der Waals surface area contributed by atoms with Crippen molar-refractivity contribution in [3.63, 3.8) is 0 Å². The highest BCUT2D eigenvalue weighted by atomic mass is 16.3. The summed E-state index contributed by atoms with van der Waals surface area (Å²) in [5, 5.41) is 11.3. The highest BCUT2D eigenvalue weighted by Crippen LogP contribution is 2.17. The van der Waals surface area contributed by atoms with Crippen molar-refractivity contribution >= 4 is 16.8 Å². The number of imidazole rings is 1. The number of aliphatic hydroxyl groups excluding tert-OH is 1. The van der Waals surface area contributed by atoms with Crippen LogP contribution in [0.5, 0.6) is 0 Å². The van der Waals surface area contributed by atoms with Crippen molar-refractivity contribution in [2.75, 3.05) is 0 Å². The SMILES string of the molecule is NC(=O)c1cn(C(O)CCCn2ccc3ccccc32)cn1. The van der Waals surface area contributed by atoms with E-state index in [1.807, 2.05) is 12.1 Å². The molecule has 0 bridgehead atoms. The van der Waals surface area contributed by atoms with Gasteiger partial charge in [0, 0.05) is 24.5 Å². The van der Waals surface area contributed by atoms with Crippen molar-refractivity contribution in [1.29, 1.82) is 0 Å². The summed E-state index contributed by atoms with van der Waals surface area (Å²) in [6.07, 6.45) is 5.63. The third kappa shape index (κ3) is 2.87. The molecule has 1 unspecified atom stereocenters. The molecule has 1 atom stereocenters. The topological polar surface area (TPSA) is 86.1 Å². The fourth-order valence-electron chi connectivity index (χ4n) is 2.56. The van der Waals surface area contributed by atoms with Crippen LogP contribution >= 0.6 is 0 Å². The minimum Gasteiger partial charge on any atom is -0.373 e. The van der Waals surface area contributed by atoms with Crippen molar-refractivity contribution in [2.24, 2.45) is 5.73 Å². The average molecular weight is 298 g/mol. The summed E-state index contributed by atoms with van der Waals surface area (Å²) < 4.78 is 3.68. The molecule has 22 heavy (non-hydrogen) atoms. The van der Waals surface area contributed by atoms with E-state index in [-0.39, 0.29) is 5.69 Å². The van der Waals surface area contributed by atoms with E-state index in [1.54, 1.807) is 0 Å². The van der Waals surface area contributed by atoms with E-state index in [0.29, 0.717) is 6.42 Å². The maximum atomic E-state index is 11.0. The molecule has 2 aromatic heterocycles. The number of aromatic nitrogens is 3. The van der Waals surface area contributed by atoms with Gasteiger partial charge >= 0.3 is 0 Å². The van der Waals surface area contributed by atoms with Gasteiger partial charge in [-0.2, -0.15) is 0 Å². The van der Waals surface area contributed by atoms with Crippen LogP contribution in [0.2, 0.25) is 0 Å². The lowest BCUT2D eigenvalue weighted by atomic mass is 10.2. The second kappa shape index (κ2) is 6.03. The number of hydrogen-bond donors (Lipinski definition) is 2. The van der Waals surface area contributed by atoms with Crippen molar-refractivity contribution < 1.29 is 9.90 Å². The standard InChI is InChI=1S/C16H18N4O2/c17-16(22)13-10-20(11-18-13)15(21)6-3-8-19-9-7-12-4-1-2-5-14(12)19/h1-2,4-5,7,9-11,15,21H,3,6,8H2,(H2,17,22). The van der Waals surface area contributed by atoms with Crippen molar-refractivity contribution in [3.05, 3.63) is 54.7 Å². The maximum absolute atomic E-state index is 11.0. The Morgan fingerprint density at radius 3 is 2.91 bits per heavy atom. The van der Waals surface area contributed by atoms with Crippen LogP contribution in [0.15, 0.2) is 49.1 Å². The predicted molar refractivity (Wildman–Crippen MR) is 83.2 cm³/mol. The van der Waals surface area contributed by atoms with E-state index in [1.165, 1.54) is 28.0 Å². The molecule has 2 heterocycles. The Morgan fingerprint density at radius 2 is 2.14 bits per heavy atom. The largest absolute Gasteiger partial charge is 0.373 e. The van der Waals surface area contributed by atoms with Crippen LogP contribution < -0.4 is 5.73 Å². The van der Waals surface area contributed by atoms with Crippen LogP contribution in [0.3, 0.4) is 0 Å². The smallest absolute Gasteiger partial charge is 0.268 e. The summed E-state index contributed by atoms with van der Waals surface area (Å²) in [5.41, 5.74) is 6.50. The molecule has 0 aliphatic rings. The Hall–Kier alpha value is -2.60. The van der Waals surface area contributed by atoms with Gasteiger partial charge in [-0.15, -0.1) is 0 Å². The molecule has 3 aromatic rings. The predicted octanol–water partition coefficient (Wildman–Crippen LogP) is 1.91. The highest BCUT2D eigenvalue weighted by Gasteiger charge is 2.10. The lowest BCUT2D eigenvalue weighted by molar-refractivity contribution is 0.0905. The first-order valence-corrected chi connectivity index (χ1v) is 7.20. The van der Waals surface area contributed by atoms with E-state index in [0.717, 1.165) is 13.0 Å². The summed E-state index contributed by atoms with van der Waals surface area (Å²) in [4.78, 5) is 14.9. The van der Waals surface area contributed by atoms with Crippen molar-refractivity contribution in [3.8, 4) is 0 Å². The van der Waals surface area contributed by atoms with Gasteiger partial charge in [-0.05, 0) is 30.4 Å². The number of aryl methyl sites for hydroxylation is 1. The monoisotopic (exact) mass is 298 g/mol. The van der Waals surface area contributed by atoms with Gasteiger partial charge in [-0.25, -0.2) is 4.98 Å². The van der Waals surface area contributed by atoms with Crippen LogP contribution in [-0.4, -0.2) is 25.1 Å². The van der Waals surface area contributed by atoms with Crippen molar-refractivity contribution in [1.82, 2.24) is 14.1 Å². The van der Waals surface area contributed by atoms with Crippen molar-refractivity contribution in [2.45, 2.75) is 25.6 Å². The number of nitrogens with zero attached hydrogens (tertiary/aromatic N) is 3. The molecular weight excluding hydrogens is 280 g/mol. The van der Waals surface area contributed by atoms with E-state index < -0.39 is 12.1 Å². The van der Waals surface area contributed by atoms with Gasteiger partial charge in [0.1, 0.15) is 11.9 Å². The van der Waals surface area contributed by atoms with Crippen LogP contribution in [0.25, 0.3) is 10.9 Å². The first-order valence-electron chi connectivity index (χ1n) is 7.20. The van der Waals surface area contributed by atoms with Crippen LogP contribution in [0.1, 0.15) is 29.6 Å². The molecular formula is C16H18N4O2. The second-order valence-corrected chi connectivity index (χ2v) is 5.26. The highest BCUT2D eigenvalue weighted by molar-refractivity contribution is 5.90. The third-order valence-corrected chi connectivity index (χ3v) is 3.74. The molecule has 1 amide bonds. The number of para-hydroxylation sites is 1. The number of hydrogen-bond acceptors (Lipinski definition) is 3. The summed E-state index contributed by atoms with van der Waals surface area (Å²) in [5.74, 6) is -0.593. The zero-order valence-corrected chi connectivity index (χ0v) is 12.1. The van der Waals surface area contributed by atoms with Gasteiger partial charge in [0.15, 0.2) is 0 Å². The number of aliphatic hydroxyl groups is 1. The molecule has 0 saturated heterocycles. The molecule has 0 fully saturated rings. The van der Waals surface area contributed by atoms with E-state index in [2.05, 4.69) is 33.9 Å². The minimum atomic E-state index is -0.706. The lowest BCUT2D eigenvalue weighted by Crippen LogP contribution is -2.12. The van der Waals surface area contributed by atoms with E-state index in [4.69, 9.17) is 5.73 Å². The molecule has 0 saturated carbocycles. The normalized spacial score (nSPS) is 12.6.